The van der Waals surface area contributed by atoms with Crippen molar-refractivity contribution in [2.75, 3.05) is 6.61 Å². The molecule has 1 heterocycles. The second-order valence-electron chi connectivity index (χ2n) is 3.33. The van der Waals surface area contributed by atoms with E-state index in [4.69, 9.17) is 10.00 Å². The van der Waals surface area contributed by atoms with E-state index in [9.17, 15) is 4.79 Å². The van der Waals surface area contributed by atoms with Crippen LogP contribution in [0.1, 0.15) is 17.8 Å². The first kappa shape index (κ1) is 11.6. The van der Waals surface area contributed by atoms with E-state index in [-0.39, 0.29) is 6.61 Å². The minimum atomic E-state index is -0.924. The van der Waals surface area contributed by atoms with E-state index in [1.807, 2.05) is 30.3 Å². The minimum absolute atomic E-state index is 0.266. The molecule has 0 radical (unpaired) electrons. The zero-order valence-electron chi connectivity index (χ0n) is 9.21. The molecule has 2 aromatic rings. The van der Waals surface area contributed by atoms with E-state index in [2.05, 4.69) is 4.98 Å². The lowest BCUT2D eigenvalue weighted by Gasteiger charge is -2.04. The molecule has 0 spiro atoms. The fourth-order valence-electron chi connectivity index (χ4n) is 1.45. The van der Waals surface area contributed by atoms with Crippen molar-refractivity contribution in [3.63, 3.8) is 0 Å². The molecule has 0 amide bonds. The second-order valence-corrected chi connectivity index (χ2v) is 4.40. The van der Waals surface area contributed by atoms with Gasteiger partial charge < -0.3 is 4.74 Å². The number of carbonyl (C=O) groups is 1. The van der Waals surface area contributed by atoms with Crippen LogP contribution in [0.4, 0.5) is 0 Å². The van der Waals surface area contributed by atoms with Gasteiger partial charge in [0.1, 0.15) is 5.01 Å². The Morgan fingerprint density at radius 1 is 1.59 bits per heavy atom. The molecule has 4 nitrogen and oxygen atoms in total. The maximum absolute atomic E-state index is 11.6. The Kier molecular flexibility index (Phi) is 3.35. The molecule has 1 aromatic carbocycles. The predicted octanol–water partition coefficient (Wildman–Crippen LogP) is 2.47. The number of benzene rings is 1. The molecule has 0 saturated heterocycles. The van der Waals surface area contributed by atoms with Gasteiger partial charge in [-0.2, -0.15) is 5.26 Å². The quantitative estimate of drug-likeness (QED) is 0.780. The maximum atomic E-state index is 11.6. The molecule has 0 fully saturated rings. The van der Waals surface area contributed by atoms with Crippen molar-refractivity contribution in [2.24, 2.45) is 0 Å². The Bertz CT molecular complexity index is 552. The lowest BCUT2D eigenvalue weighted by molar-refractivity contribution is -0.143. The number of hydrogen-bond acceptors (Lipinski definition) is 5. The molecule has 86 valence electrons. The van der Waals surface area contributed by atoms with E-state index in [0.717, 1.165) is 10.2 Å². The van der Waals surface area contributed by atoms with Crippen molar-refractivity contribution in [1.82, 2.24) is 4.98 Å². The van der Waals surface area contributed by atoms with Gasteiger partial charge in [0, 0.05) is 0 Å². The first-order chi connectivity index (χ1) is 8.26. The monoisotopic (exact) mass is 246 g/mol. The number of ether oxygens (including phenoxy) is 1. The summed E-state index contributed by atoms with van der Waals surface area (Å²) in [4.78, 5) is 15.9. The predicted molar refractivity (Wildman–Crippen MR) is 64.6 cm³/mol. The van der Waals surface area contributed by atoms with Crippen molar-refractivity contribution in [1.29, 1.82) is 5.26 Å². The fourth-order valence-corrected chi connectivity index (χ4v) is 2.45. The number of nitriles is 1. The normalized spacial score (nSPS) is 12.0. The summed E-state index contributed by atoms with van der Waals surface area (Å²) in [5.41, 5.74) is 0.803. The summed E-state index contributed by atoms with van der Waals surface area (Å²) in [5, 5.41) is 9.51. The Morgan fingerprint density at radius 3 is 3.00 bits per heavy atom. The maximum Gasteiger partial charge on any atom is 0.330 e. The van der Waals surface area contributed by atoms with Crippen LogP contribution in [-0.2, 0) is 9.53 Å². The Labute approximate surface area is 102 Å². The number of hydrogen-bond donors (Lipinski definition) is 0. The van der Waals surface area contributed by atoms with Gasteiger partial charge in [0.2, 0.25) is 0 Å². The van der Waals surface area contributed by atoms with Gasteiger partial charge in [-0.1, -0.05) is 12.1 Å². The summed E-state index contributed by atoms with van der Waals surface area (Å²) >= 11 is 1.35. The molecular weight excluding hydrogens is 236 g/mol. The number of esters is 1. The van der Waals surface area contributed by atoms with Crippen LogP contribution in [0.5, 0.6) is 0 Å². The zero-order valence-corrected chi connectivity index (χ0v) is 10.0. The highest BCUT2D eigenvalue weighted by molar-refractivity contribution is 7.18. The molecule has 0 N–H and O–H groups in total. The third-order valence-corrected chi connectivity index (χ3v) is 3.31. The number of para-hydroxylation sites is 1. The van der Waals surface area contributed by atoms with E-state index in [1.165, 1.54) is 11.3 Å². The van der Waals surface area contributed by atoms with Gasteiger partial charge in [-0.15, -0.1) is 11.3 Å². The molecular formula is C12H10N2O2S. The highest BCUT2D eigenvalue weighted by Crippen LogP contribution is 2.27. The topological polar surface area (TPSA) is 63.0 Å². The highest BCUT2D eigenvalue weighted by atomic mass is 32.1. The fraction of sp³-hybridized carbons (Fsp3) is 0.250. The minimum Gasteiger partial charge on any atom is -0.465 e. The lowest BCUT2D eigenvalue weighted by atomic mass is 10.2. The van der Waals surface area contributed by atoms with Crippen molar-refractivity contribution in [3.8, 4) is 6.07 Å². The number of carbonyl (C=O) groups excluding carboxylic acids is 1. The Balaban J connectivity index is 2.37. The van der Waals surface area contributed by atoms with Gasteiger partial charge >= 0.3 is 5.97 Å². The molecule has 2 rings (SSSR count). The van der Waals surface area contributed by atoms with Crippen molar-refractivity contribution in [2.45, 2.75) is 12.8 Å². The first-order valence-electron chi connectivity index (χ1n) is 5.18. The molecule has 0 saturated carbocycles. The summed E-state index contributed by atoms with van der Waals surface area (Å²) in [7, 11) is 0. The molecule has 5 heteroatoms. The number of nitrogens with zero attached hydrogens (tertiary/aromatic N) is 2. The first-order valence-corrected chi connectivity index (χ1v) is 5.99. The molecule has 1 atom stereocenters. The molecule has 0 aliphatic heterocycles. The summed E-state index contributed by atoms with van der Waals surface area (Å²) in [6.07, 6.45) is 0. The standard InChI is InChI=1S/C12H10N2O2S/c1-2-16-12(15)8(7-13)11-14-9-5-3-4-6-10(9)17-11/h3-6,8H,2H2,1H3. The van der Waals surface area contributed by atoms with E-state index >= 15 is 0 Å². The van der Waals surface area contributed by atoms with Gasteiger partial charge in [-0.25, -0.2) is 4.98 Å². The van der Waals surface area contributed by atoms with E-state index in [0.29, 0.717) is 5.01 Å². The summed E-state index contributed by atoms with van der Waals surface area (Å²) < 4.78 is 5.82. The third-order valence-electron chi connectivity index (χ3n) is 2.21. The number of fused-ring (bicyclic) bond motifs is 1. The summed E-state index contributed by atoms with van der Waals surface area (Å²) in [5.74, 6) is -1.46. The molecule has 0 bridgehead atoms. The van der Waals surface area contributed by atoms with Crippen LogP contribution in [0.15, 0.2) is 24.3 Å². The smallest absolute Gasteiger partial charge is 0.330 e. The van der Waals surface area contributed by atoms with Crippen LogP contribution in [0, 0.1) is 11.3 Å². The van der Waals surface area contributed by atoms with Gasteiger partial charge in [0.25, 0.3) is 0 Å². The van der Waals surface area contributed by atoms with Gasteiger partial charge in [-0.05, 0) is 19.1 Å². The van der Waals surface area contributed by atoms with Crippen molar-refractivity contribution >= 4 is 27.5 Å². The van der Waals surface area contributed by atoms with E-state index < -0.39 is 11.9 Å². The largest absolute Gasteiger partial charge is 0.465 e. The van der Waals surface area contributed by atoms with Crippen molar-refractivity contribution in [3.05, 3.63) is 29.3 Å². The number of thiazole rings is 1. The summed E-state index contributed by atoms with van der Waals surface area (Å²) in [6.45, 7) is 1.98. The average molecular weight is 246 g/mol. The van der Waals surface area contributed by atoms with Crippen LogP contribution < -0.4 is 0 Å². The molecule has 17 heavy (non-hydrogen) atoms. The Hall–Kier alpha value is -1.93. The van der Waals surface area contributed by atoms with Crippen LogP contribution >= 0.6 is 11.3 Å². The molecule has 1 unspecified atom stereocenters. The lowest BCUT2D eigenvalue weighted by Crippen LogP contribution is -2.14. The number of rotatable bonds is 3. The molecule has 0 aliphatic rings. The molecule has 0 aliphatic carbocycles. The SMILES string of the molecule is CCOC(=O)C(C#N)c1nc2ccccc2s1. The average Bonchev–Trinajstić information content (AvgIpc) is 2.73. The van der Waals surface area contributed by atoms with E-state index in [1.54, 1.807) is 6.92 Å². The third kappa shape index (κ3) is 2.27. The second kappa shape index (κ2) is 4.93. The Morgan fingerprint density at radius 2 is 2.35 bits per heavy atom. The van der Waals surface area contributed by atoms with Crippen LogP contribution in [-0.4, -0.2) is 17.6 Å². The van der Waals surface area contributed by atoms with Gasteiger partial charge in [0.15, 0.2) is 5.92 Å². The van der Waals surface area contributed by atoms with Crippen molar-refractivity contribution < 1.29 is 9.53 Å². The van der Waals surface area contributed by atoms with Crippen LogP contribution in [0.3, 0.4) is 0 Å². The summed E-state index contributed by atoms with van der Waals surface area (Å²) in [6, 6.07) is 9.48. The van der Waals surface area contributed by atoms with Crippen LogP contribution in [0.2, 0.25) is 0 Å². The highest BCUT2D eigenvalue weighted by Gasteiger charge is 2.25. The zero-order chi connectivity index (χ0) is 12.3. The van der Waals surface area contributed by atoms with Crippen LogP contribution in [0.25, 0.3) is 10.2 Å². The van der Waals surface area contributed by atoms with Gasteiger partial charge in [0.05, 0.1) is 22.9 Å². The molecule has 1 aromatic heterocycles. The number of aromatic nitrogens is 1. The van der Waals surface area contributed by atoms with Gasteiger partial charge in [-0.3, -0.25) is 4.79 Å².